The maximum atomic E-state index is 13.0. The van der Waals surface area contributed by atoms with Crippen LogP contribution in [-0.2, 0) is 0 Å². The number of benzene rings is 1. The van der Waals surface area contributed by atoms with Crippen molar-refractivity contribution in [2.24, 2.45) is 0 Å². The number of rotatable bonds is 7. The van der Waals surface area contributed by atoms with Crippen LogP contribution in [0, 0.1) is 5.82 Å². The van der Waals surface area contributed by atoms with E-state index >= 15 is 0 Å². The molecule has 5 nitrogen and oxygen atoms in total. The molecule has 0 fully saturated rings. The van der Waals surface area contributed by atoms with Crippen LogP contribution in [-0.4, -0.2) is 28.1 Å². The molecule has 0 amide bonds. The molecule has 1 aromatic heterocycles. The Bertz CT molecular complexity index is 548. The molecule has 2 rings (SSSR count). The molecule has 2 aromatic rings. The van der Waals surface area contributed by atoms with Crippen LogP contribution in [0.15, 0.2) is 24.3 Å². The quantitative estimate of drug-likeness (QED) is 0.848. The zero-order valence-corrected chi connectivity index (χ0v) is 12.3. The average Bonchev–Trinajstić information content (AvgIpc) is 2.51. The van der Waals surface area contributed by atoms with Gasteiger partial charge in [-0.05, 0) is 37.1 Å². The van der Waals surface area contributed by atoms with Gasteiger partial charge in [-0.2, -0.15) is 15.0 Å². The molecule has 0 aliphatic carbocycles. The van der Waals surface area contributed by atoms with E-state index in [0.717, 1.165) is 24.9 Å². The Balaban J connectivity index is 2.31. The van der Waals surface area contributed by atoms with Crippen LogP contribution in [0.25, 0.3) is 11.4 Å². The second-order valence-electron chi connectivity index (χ2n) is 4.55. The van der Waals surface area contributed by atoms with E-state index in [-0.39, 0.29) is 11.8 Å². The molecule has 1 heterocycles. The average molecular weight is 290 g/mol. The summed E-state index contributed by atoms with van der Waals surface area (Å²) in [6.07, 6.45) is 1.83. The van der Waals surface area contributed by atoms with Crippen molar-refractivity contribution in [3.8, 4) is 17.4 Å². The fraction of sp³-hybridized carbons (Fsp3) is 0.400. The Labute approximate surface area is 123 Å². The highest BCUT2D eigenvalue weighted by Gasteiger charge is 2.09. The Morgan fingerprint density at radius 3 is 2.48 bits per heavy atom. The number of nitrogens with one attached hydrogen (secondary N) is 1. The van der Waals surface area contributed by atoms with E-state index in [9.17, 15) is 4.39 Å². The zero-order valence-electron chi connectivity index (χ0n) is 12.3. The highest BCUT2D eigenvalue weighted by atomic mass is 19.1. The minimum Gasteiger partial charge on any atom is -0.463 e. The molecule has 0 saturated heterocycles. The largest absolute Gasteiger partial charge is 0.463 e. The van der Waals surface area contributed by atoms with E-state index in [4.69, 9.17) is 4.74 Å². The van der Waals surface area contributed by atoms with Gasteiger partial charge >= 0.3 is 6.01 Å². The molecule has 0 radical (unpaired) electrons. The molecule has 6 heteroatoms. The molecular formula is C15H19FN4O. The van der Waals surface area contributed by atoms with Gasteiger partial charge in [0.15, 0.2) is 5.82 Å². The summed E-state index contributed by atoms with van der Waals surface area (Å²) in [7, 11) is 0. The molecular weight excluding hydrogens is 271 g/mol. The lowest BCUT2D eigenvalue weighted by Gasteiger charge is -2.09. The second kappa shape index (κ2) is 7.52. The Kier molecular flexibility index (Phi) is 5.43. The lowest BCUT2D eigenvalue weighted by atomic mass is 10.2. The van der Waals surface area contributed by atoms with Gasteiger partial charge in [0, 0.05) is 12.1 Å². The molecule has 0 atom stereocenters. The number of hydrogen-bond acceptors (Lipinski definition) is 5. The number of ether oxygens (including phenoxy) is 1. The fourth-order valence-corrected chi connectivity index (χ4v) is 1.66. The summed E-state index contributed by atoms with van der Waals surface area (Å²) in [5, 5.41) is 3.12. The van der Waals surface area contributed by atoms with Crippen molar-refractivity contribution in [2.45, 2.75) is 26.7 Å². The Hall–Kier alpha value is -2.24. The van der Waals surface area contributed by atoms with Crippen molar-refractivity contribution in [3.05, 3.63) is 30.1 Å². The van der Waals surface area contributed by atoms with Crippen LogP contribution in [0.3, 0.4) is 0 Å². The van der Waals surface area contributed by atoms with Gasteiger partial charge in [-0.1, -0.05) is 13.8 Å². The minimum atomic E-state index is -0.292. The normalized spacial score (nSPS) is 10.4. The summed E-state index contributed by atoms with van der Waals surface area (Å²) in [4.78, 5) is 12.8. The summed E-state index contributed by atoms with van der Waals surface area (Å²) < 4.78 is 18.5. The van der Waals surface area contributed by atoms with Crippen molar-refractivity contribution < 1.29 is 9.13 Å². The van der Waals surface area contributed by atoms with Crippen LogP contribution in [0.2, 0.25) is 0 Å². The predicted octanol–water partition coefficient (Wildman–Crippen LogP) is 3.29. The molecule has 112 valence electrons. The highest BCUT2D eigenvalue weighted by molar-refractivity contribution is 5.56. The number of halogens is 1. The van der Waals surface area contributed by atoms with E-state index in [2.05, 4.69) is 27.2 Å². The van der Waals surface area contributed by atoms with E-state index in [0.29, 0.717) is 18.4 Å². The van der Waals surface area contributed by atoms with Crippen LogP contribution < -0.4 is 10.1 Å². The molecule has 0 spiro atoms. The van der Waals surface area contributed by atoms with E-state index in [1.807, 2.05) is 6.92 Å². The molecule has 0 bridgehead atoms. The Morgan fingerprint density at radius 2 is 1.81 bits per heavy atom. The second-order valence-corrected chi connectivity index (χ2v) is 4.55. The first kappa shape index (κ1) is 15.2. The smallest absolute Gasteiger partial charge is 0.321 e. The van der Waals surface area contributed by atoms with Gasteiger partial charge in [0.25, 0.3) is 0 Å². The van der Waals surface area contributed by atoms with Crippen molar-refractivity contribution in [1.82, 2.24) is 15.0 Å². The van der Waals surface area contributed by atoms with E-state index in [1.165, 1.54) is 12.1 Å². The summed E-state index contributed by atoms with van der Waals surface area (Å²) in [5.41, 5.74) is 0.722. The van der Waals surface area contributed by atoms with E-state index in [1.54, 1.807) is 12.1 Å². The molecule has 21 heavy (non-hydrogen) atoms. The molecule has 0 unspecified atom stereocenters. The predicted molar refractivity (Wildman–Crippen MR) is 79.8 cm³/mol. The molecule has 0 aliphatic heterocycles. The molecule has 1 aromatic carbocycles. The first-order valence-corrected chi connectivity index (χ1v) is 7.11. The van der Waals surface area contributed by atoms with Crippen LogP contribution in [0.1, 0.15) is 26.7 Å². The molecule has 1 N–H and O–H groups in total. The fourth-order valence-electron chi connectivity index (χ4n) is 1.66. The first-order chi connectivity index (χ1) is 10.2. The number of anilines is 1. The first-order valence-electron chi connectivity index (χ1n) is 7.11. The number of hydrogen-bond donors (Lipinski definition) is 1. The van der Waals surface area contributed by atoms with Gasteiger partial charge in [-0.15, -0.1) is 0 Å². The van der Waals surface area contributed by atoms with Crippen molar-refractivity contribution in [3.63, 3.8) is 0 Å². The van der Waals surface area contributed by atoms with Gasteiger partial charge in [-0.25, -0.2) is 4.39 Å². The monoisotopic (exact) mass is 290 g/mol. The summed E-state index contributed by atoms with van der Waals surface area (Å²) in [5.74, 6) is 0.645. The maximum absolute atomic E-state index is 13.0. The van der Waals surface area contributed by atoms with Gasteiger partial charge in [0.05, 0.1) is 6.61 Å². The van der Waals surface area contributed by atoms with Crippen molar-refractivity contribution in [1.29, 1.82) is 0 Å². The SMILES string of the molecule is CCCNc1nc(OCCC)nc(-c2ccc(F)cc2)n1. The minimum absolute atomic E-state index is 0.282. The summed E-state index contributed by atoms with van der Waals surface area (Å²) in [6.45, 7) is 5.38. The van der Waals surface area contributed by atoms with E-state index < -0.39 is 0 Å². The number of nitrogens with zero attached hydrogens (tertiary/aromatic N) is 3. The standard InChI is InChI=1S/C15H19FN4O/c1-3-9-17-14-18-13(11-5-7-12(16)8-6-11)19-15(20-14)21-10-4-2/h5-8H,3-4,9-10H2,1-2H3,(H,17,18,19,20). The summed E-state index contributed by atoms with van der Waals surface area (Å²) in [6, 6.07) is 6.32. The van der Waals surface area contributed by atoms with Gasteiger partial charge in [0.1, 0.15) is 5.82 Å². The lowest BCUT2D eigenvalue weighted by Crippen LogP contribution is -2.09. The van der Waals surface area contributed by atoms with Crippen LogP contribution >= 0.6 is 0 Å². The molecule has 0 aliphatic rings. The third kappa shape index (κ3) is 4.37. The third-order valence-corrected chi connectivity index (χ3v) is 2.69. The van der Waals surface area contributed by atoms with Gasteiger partial charge < -0.3 is 10.1 Å². The topological polar surface area (TPSA) is 59.9 Å². The third-order valence-electron chi connectivity index (χ3n) is 2.69. The highest BCUT2D eigenvalue weighted by Crippen LogP contribution is 2.19. The number of aromatic nitrogens is 3. The Morgan fingerprint density at radius 1 is 1.05 bits per heavy atom. The van der Waals surface area contributed by atoms with Gasteiger partial charge in [0.2, 0.25) is 5.95 Å². The van der Waals surface area contributed by atoms with Gasteiger partial charge in [-0.3, -0.25) is 0 Å². The zero-order chi connectivity index (χ0) is 15.1. The van der Waals surface area contributed by atoms with Crippen molar-refractivity contribution in [2.75, 3.05) is 18.5 Å². The van der Waals surface area contributed by atoms with Crippen LogP contribution in [0.4, 0.5) is 10.3 Å². The van der Waals surface area contributed by atoms with Crippen LogP contribution in [0.5, 0.6) is 6.01 Å². The molecule has 0 saturated carbocycles. The maximum Gasteiger partial charge on any atom is 0.321 e. The van der Waals surface area contributed by atoms with Crippen molar-refractivity contribution >= 4 is 5.95 Å². The summed E-state index contributed by atoms with van der Waals surface area (Å²) >= 11 is 0. The lowest BCUT2D eigenvalue weighted by molar-refractivity contribution is 0.292.